The summed E-state index contributed by atoms with van der Waals surface area (Å²) in [6, 6.07) is 0. The minimum absolute atomic E-state index is 0. The Kier molecular flexibility index (Phi) is 4.81. The van der Waals surface area contributed by atoms with Crippen LogP contribution < -0.4 is 0 Å². The molecule has 6 heteroatoms. The third kappa shape index (κ3) is 106. The quantitative estimate of drug-likeness (QED) is 0.492. The van der Waals surface area contributed by atoms with Gasteiger partial charge in [-0.3, -0.25) is 0 Å². The van der Waals surface area contributed by atoms with Crippen molar-refractivity contribution >= 4 is 11.2 Å². The molecule has 0 rings (SSSR count). The molecule has 0 aliphatic carbocycles. The van der Waals surface area contributed by atoms with Crippen LogP contribution in [0.5, 0.6) is 0 Å². The van der Waals surface area contributed by atoms with E-state index < -0.39 is 11.2 Å². The average Bonchev–Trinajstić information content (AvgIpc) is 0.722. The van der Waals surface area contributed by atoms with Crippen molar-refractivity contribution in [2.45, 2.75) is 0 Å². The fourth-order valence-corrected chi connectivity index (χ4v) is 0. The predicted molar refractivity (Wildman–Crippen MR) is 14.4 cm³/mol. The molecule has 0 unspecified atom stereocenters. The van der Waals surface area contributed by atoms with Gasteiger partial charge in [0.2, 0.25) is 0 Å². The summed E-state index contributed by atoms with van der Waals surface area (Å²) in [5, 5.41) is 0. The van der Waals surface area contributed by atoms with Crippen LogP contribution in [-0.4, -0.2) is 18.2 Å². The molecule has 0 aromatic heterocycles. The topological polar surface area (TPSA) is 86.6 Å². The van der Waals surface area contributed by atoms with E-state index in [0.29, 0.717) is 0 Å². The van der Waals surface area contributed by atoms with E-state index in [0.717, 1.165) is 0 Å². The maximum Gasteiger partial charge on any atom is 2.00 e. The van der Waals surface area contributed by atoms with Crippen LogP contribution in [0.15, 0.2) is 0 Å². The standard InChI is InChI=1S/H4O4S.Zn/c1-5(2,3)4;/h1-4H;/q;+2/p-2. The van der Waals surface area contributed by atoms with Crippen LogP contribution in [0, 0.1) is 0 Å². The van der Waals surface area contributed by atoms with Gasteiger partial charge in [-0.25, -0.2) is 0 Å². The van der Waals surface area contributed by atoms with E-state index in [1.165, 1.54) is 0 Å². The van der Waals surface area contributed by atoms with Crippen molar-refractivity contribution < 1.29 is 37.7 Å². The summed E-state index contributed by atoms with van der Waals surface area (Å²) in [7, 11) is 0. The van der Waals surface area contributed by atoms with Crippen molar-refractivity contribution in [3.63, 3.8) is 0 Å². The van der Waals surface area contributed by atoms with Crippen LogP contribution in [0.2, 0.25) is 0 Å². The molecule has 0 atom stereocenters. The first-order valence-corrected chi connectivity index (χ1v) is 2.10. The molecule has 6 heavy (non-hydrogen) atoms. The molecule has 0 radical (unpaired) electrons. The minimum Gasteiger partial charge on any atom is -0.784 e. The van der Waals surface area contributed by atoms with Gasteiger partial charge in [0, 0.05) is 0 Å². The zero-order valence-corrected chi connectivity index (χ0v) is 6.61. The van der Waals surface area contributed by atoms with Crippen LogP contribution in [-0.2, 0) is 19.5 Å². The van der Waals surface area contributed by atoms with E-state index in [1.54, 1.807) is 0 Å². The van der Waals surface area contributed by atoms with Crippen molar-refractivity contribution in [3.05, 3.63) is 0 Å². The Morgan fingerprint density at radius 3 is 1.17 bits per heavy atom. The van der Waals surface area contributed by atoms with Crippen molar-refractivity contribution in [2.75, 3.05) is 0 Å². The van der Waals surface area contributed by atoms with Crippen LogP contribution in [0.3, 0.4) is 0 Å². The molecule has 0 aliphatic heterocycles. The Labute approximate surface area is 49.3 Å². The first kappa shape index (κ1) is 9.94. The molecule has 0 spiro atoms. The first-order chi connectivity index (χ1) is 2.00. The van der Waals surface area contributed by atoms with Gasteiger partial charge in [0.1, 0.15) is 0 Å². The van der Waals surface area contributed by atoms with E-state index in [9.17, 15) is 0 Å². The van der Waals surface area contributed by atoms with Gasteiger partial charge in [-0.1, -0.05) is 0 Å². The van der Waals surface area contributed by atoms with Crippen molar-refractivity contribution in [2.24, 2.45) is 0 Å². The van der Waals surface area contributed by atoms with Gasteiger partial charge in [0.25, 0.3) is 0 Å². The number of rotatable bonds is 0. The van der Waals surface area contributed by atoms with E-state index in [-0.39, 0.29) is 19.5 Å². The zero-order chi connectivity index (χ0) is 4.50. The molecule has 0 aliphatic rings. The molecule has 0 saturated carbocycles. The monoisotopic (exact) mass is 162 g/mol. The summed E-state index contributed by atoms with van der Waals surface area (Å²) in [6.07, 6.45) is 0. The van der Waals surface area contributed by atoms with Gasteiger partial charge in [0.05, 0.1) is 0 Å². The largest absolute Gasteiger partial charge is 2.00 e. The molecule has 0 amide bonds. The summed E-state index contributed by atoms with van der Waals surface area (Å²) >= 11 is -4.67. The first-order valence-electron chi connectivity index (χ1n) is 0.698. The van der Waals surface area contributed by atoms with E-state index in [4.69, 9.17) is 18.2 Å². The maximum atomic E-state index is 8.74. The molecule has 0 aromatic rings. The Morgan fingerprint density at radius 2 is 1.17 bits per heavy atom. The molecule has 0 saturated heterocycles. The average molecular weight is 163 g/mol. The smallest absolute Gasteiger partial charge is 0.784 e. The van der Waals surface area contributed by atoms with Crippen LogP contribution >= 0.6 is 11.2 Å². The van der Waals surface area contributed by atoms with Gasteiger partial charge < -0.3 is 18.2 Å². The van der Waals surface area contributed by atoms with Gasteiger partial charge in [-0.2, -0.15) is 11.2 Å². The molecule has 0 aromatic carbocycles. The Balaban J connectivity index is 0. The molecular weight excluding hydrogens is 161 g/mol. The van der Waals surface area contributed by atoms with Gasteiger partial charge in [-0.05, 0) is 0 Å². The van der Waals surface area contributed by atoms with Crippen LogP contribution in [0.1, 0.15) is 0 Å². The molecule has 0 bridgehead atoms. The van der Waals surface area contributed by atoms with Crippen molar-refractivity contribution in [1.29, 1.82) is 0 Å². The van der Waals surface area contributed by atoms with Gasteiger partial charge >= 0.3 is 19.5 Å². The van der Waals surface area contributed by atoms with E-state index in [1.807, 2.05) is 0 Å². The SMILES string of the molecule is [O-]S([O-])(O)O.[Zn+2]. The summed E-state index contributed by atoms with van der Waals surface area (Å²) in [5.74, 6) is 0. The Morgan fingerprint density at radius 1 is 1.17 bits per heavy atom. The van der Waals surface area contributed by atoms with Crippen molar-refractivity contribution in [3.8, 4) is 0 Å². The third-order valence-electron chi connectivity index (χ3n) is 0. The van der Waals surface area contributed by atoms with Gasteiger partial charge in [-0.15, -0.1) is 0 Å². The van der Waals surface area contributed by atoms with Crippen LogP contribution in [0.4, 0.5) is 0 Å². The fourth-order valence-electron chi connectivity index (χ4n) is 0. The molecule has 34 valence electrons. The van der Waals surface area contributed by atoms with Crippen molar-refractivity contribution in [1.82, 2.24) is 0 Å². The van der Waals surface area contributed by atoms with E-state index >= 15 is 0 Å². The fraction of sp³-hybridized carbons (Fsp3) is 0. The molecule has 4 nitrogen and oxygen atoms in total. The molecule has 2 N–H and O–H groups in total. The maximum absolute atomic E-state index is 8.74. The molecule has 0 heterocycles. The summed E-state index contributed by atoms with van der Waals surface area (Å²) < 4.78 is 31.6. The van der Waals surface area contributed by atoms with Gasteiger partial charge in [0.15, 0.2) is 0 Å². The predicted octanol–water partition coefficient (Wildman–Crippen LogP) is -0.00470. The summed E-state index contributed by atoms with van der Waals surface area (Å²) in [4.78, 5) is 0. The normalized spacial score (nSPS) is 12.7. The number of hydrogen-bond acceptors (Lipinski definition) is 4. The second-order valence-electron chi connectivity index (χ2n) is 0.448. The van der Waals surface area contributed by atoms with E-state index in [2.05, 4.69) is 0 Å². The second kappa shape index (κ2) is 2.90. The minimum atomic E-state index is -4.67. The zero-order valence-electron chi connectivity index (χ0n) is 2.83. The summed E-state index contributed by atoms with van der Waals surface area (Å²) in [6.45, 7) is 0. The number of hydrogen-bond donors (Lipinski definition) is 2. The third-order valence-corrected chi connectivity index (χ3v) is 0. The Hall–Kier alpha value is 0.813. The molecule has 0 fully saturated rings. The summed E-state index contributed by atoms with van der Waals surface area (Å²) in [5.41, 5.74) is 0. The second-order valence-corrected chi connectivity index (χ2v) is 1.34. The Bertz CT molecular complexity index is 23.0. The molecular formula is H2O4SZn. The van der Waals surface area contributed by atoms with Crippen LogP contribution in [0.25, 0.3) is 0 Å².